The number of rotatable bonds is 0. The molecule has 0 fully saturated rings. The topological polar surface area (TPSA) is 28.7 Å². The molecule has 1 heterocycles. The molecule has 0 aliphatic carbocycles. The molecule has 1 aromatic carbocycles. The summed E-state index contributed by atoms with van der Waals surface area (Å²) in [4.78, 5) is 6.61. The van der Waals surface area contributed by atoms with Crippen molar-refractivity contribution in [3.05, 3.63) is 28.5 Å². The Kier molecular flexibility index (Phi) is 2.02. The molecule has 2 nitrogen and oxygen atoms in total. The van der Waals surface area contributed by atoms with Gasteiger partial charge in [0.05, 0.1) is 16.6 Å². The molecule has 0 saturated carbocycles. The van der Waals surface area contributed by atoms with Crippen LogP contribution >= 0.6 is 15.9 Å². The molecule has 0 radical (unpaired) electrons. The van der Waals surface area contributed by atoms with Crippen molar-refractivity contribution in [1.29, 1.82) is 0 Å². The van der Waals surface area contributed by atoms with E-state index >= 15 is 0 Å². The van der Waals surface area contributed by atoms with Crippen LogP contribution in [0, 0.1) is 0 Å². The monoisotopic (exact) mass is 264 g/mol. The van der Waals surface area contributed by atoms with Gasteiger partial charge in [-0.2, -0.15) is 13.2 Å². The third-order valence-corrected chi connectivity index (χ3v) is 2.16. The zero-order valence-electron chi connectivity index (χ0n) is 6.69. The van der Waals surface area contributed by atoms with Crippen LogP contribution < -0.4 is 0 Å². The van der Waals surface area contributed by atoms with E-state index in [1.807, 2.05) is 0 Å². The Morgan fingerprint density at radius 1 is 1.29 bits per heavy atom. The van der Waals surface area contributed by atoms with Gasteiger partial charge in [-0.15, -0.1) is 0 Å². The van der Waals surface area contributed by atoms with E-state index in [-0.39, 0.29) is 0 Å². The number of alkyl halides is 3. The molecular formula is C8H4BrF3N2. The highest BCUT2D eigenvalue weighted by atomic mass is 79.9. The van der Waals surface area contributed by atoms with Crippen LogP contribution in [0.25, 0.3) is 11.0 Å². The second-order valence-corrected chi connectivity index (χ2v) is 3.51. The smallest absolute Gasteiger partial charge is 0.332 e. The first-order valence-electron chi connectivity index (χ1n) is 3.69. The van der Waals surface area contributed by atoms with Gasteiger partial charge in [0.2, 0.25) is 0 Å². The highest BCUT2D eigenvalue weighted by molar-refractivity contribution is 9.10. The van der Waals surface area contributed by atoms with E-state index in [9.17, 15) is 13.2 Å². The standard InChI is InChI=1S/C8H4BrF3N2/c9-7-13-5-2-1-4(8(10,11)12)3-6(5)14-7/h1-3H,(H,13,14). The van der Waals surface area contributed by atoms with Crippen LogP contribution in [0.2, 0.25) is 0 Å². The zero-order chi connectivity index (χ0) is 10.3. The molecule has 0 unspecified atom stereocenters. The number of aromatic amines is 1. The average molecular weight is 265 g/mol. The Morgan fingerprint density at radius 3 is 2.64 bits per heavy atom. The molecule has 0 saturated heterocycles. The first-order chi connectivity index (χ1) is 6.47. The van der Waals surface area contributed by atoms with Crippen molar-refractivity contribution in [3.63, 3.8) is 0 Å². The summed E-state index contributed by atoms with van der Waals surface area (Å²) in [6, 6.07) is 3.38. The van der Waals surface area contributed by atoms with Crippen molar-refractivity contribution >= 4 is 27.0 Å². The summed E-state index contributed by atoms with van der Waals surface area (Å²) in [7, 11) is 0. The fourth-order valence-corrected chi connectivity index (χ4v) is 1.56. The number of nitrogens with zero attached hydrogens (tertiary/aromatic N) is 1. The lowest BCUT2D eigenvalue weighted by Crippen LogP contribution is -2.04. The van der Waals surface area contributed by atoms with Gasteiger partial charge in [0, 0.05) is 0 Å². The van der Waals surface area contributed by atoms with E-state index in [0.717, 1.165) is 12.1 Å². The molecule has 14 heavy (non-hydrogen) atoms. The third-order valence-electron chi connectivity index (χ3n) is 1.78. The van der Waals surface area contributed by atoms with Gasteiger partial charge >= 0.3 is 6.18 Å². The van der Waals surface area contributed by atoms with E-state index in [1.54, 1.807) is 0 Å². The first kappa shape index (κ1) is 9.51. The van der Waals surface area contributed by atoms with E-state index in [1.165, 1.54) is 6.07 Å². The van der Waals surface area contributed by atoms with E-state index in [2.05, 4.69) is 25.9 Å². The van der Waals surface area contributed by atoms with Gasteiger partial charge in [-0.25, -0.2) is 4.98 Å². The maximum absolute atomic E-state index is 12.3. The fraction of sp³-hybridized carbons (Fsp3) is 0.125. The maximum atomic E-state index is 12.3. The van der Waals surface area contributed by atoms with Crippen molar-refractivity contribution in [2.45, 2.75) is 6.18 Å². The van der Waals surface area contributed by atoms with Gasteiger partial charge < -0.3 is 4.98 Å². The van der Waals surface area contributed by atoms with Crippen molar-refractivity contribution in [2.75, 3.05) is 0 Å². The summed E-state index contributed by atoms with van der Waals surface area (Å²) < 4.78 is 37.3. The number of H-pyrrole nitrogens is 1. The summed E-state index contributed by atoms with van der Waals surface area (Å²) >= 11 is 3.05. The number of benzene rings is 1. The number of aromatic nitrogens is 2. The van der Waals surface area contributed by atoms with Crippen molar-refractivity contribution < 1.29 is 13.2 Å². The van der Waals surface area contributed by atoms with Crippen LogP contribution in [0.3, 0.4) is 0 Å². The number of halogens is 4. The SMILES string of the molecule is FC(F)(F)c1ccc2nc(Br)[nH]c2c1. The molecule has 1 N–H and O–H groups in total. The number of fused-ring (bicyclic) bond motifs is 1. The van der Waals surface area contributed by atoms with Crippen molar-refractivity contribution in [2.24, 2.45) is 0 Å². The van der Waals surface area contributed by atoms with Crippen molar-refractivity contribution in [3.8, 4) is 0 Å². The zero-order valence-corrected chi connectivity index (χ0v) is 8.28. The van der Waals surface area contributed by atoms with Gasteiger partial charge in [-0.05, 0) is 34.1 Å². The van der Waals surface area contributed by atoms with Crippen LogP contribution in [-0.2, 0) is 6.18 Å². The largest absolute Gasteiger partial charge is 0.416 e. The molecule has 74 valence electrons. The molecule has 6 heteroatoms. The van der Waals surface area contributed by atoms with Gasteiger partial charge in [0.15, 0.2) is 4.73 Å². The van der Waals surface area contributed by atoms with Gasteiger partial charge in [0.25, 0.3) is 0 Å². The predicted molar refractivity (Wildman–Crippen MR) is 48.8 cm³/mol. The lowest BCUT2D eigenvalue weighted by atomic mass is 10.2. The molecule has 2 rings (SSSR count). The molecule has 0 amide bonds. The van der Waals surface area contributed by atoms with E-state index < -0.39 is 11.7 Å². The third kappa shape index (κ3) is 1.61. The Labute approximate surface area is 85.3 Å². The number of nitrogens with one attached hydrogen (secondary N) is 1. The summed E-state index contributed by atoms with van der Waals surface area (Å²) in [5, 5.41) is 0. The Balaban J connectivity index is 2.62. The summed E-state index contributed by atoms with van der Waals surface area (Å²) in [6.45, 7) is 0. The first-order valence-corrected chi connectivity index (χ1v) is 4.48. The van der Waals surface area contributed by atoms with Crippen molar-refractivity contribution in [1.82, 2.24) is 9.97 Å². The minimum absolute atomic E-state index is 0.367. The average Bonchev–Trinajstić information content (AvgIpc) is 2.41. The van der Waals surface area contributed by atoms with E-state index in [0.29, 0.717) is 15.8 Å². The summed E-state index contributed by atoms with van der Waals surface area (Å²) in [5.41, 5.74) is 0.192. The lowest BCUT2D eigenvalue weighted by Gasteiger charge is -2.04. The Bertz CT molecular complexity index is 475. The molecule has 0 aliphatic rings. The molecule has 1 aromatic heterocycles. The molecule has 0 bridgehead atoms. The molecular weight excluding hydrogens is 261 g/mol. The van der Waals surface area contributed by atoms with Gasteiger partial charge in [0.1, 0.15) is 0 Å². The minimum atomic E-state index is -4.31. The second-order valence-electron chi connectivity index (χ2n) is 2.76. The maximum Gasteiger partial charge on any atom is 0.416 e. The van der Waals surface area contributed by atoms with Crippen LogP contribution in [-0.4, -0.2) is 9.97 Å². The molecule has 0 spiro atoms. The Hall–Kier alpha value is -1.04. The summed E-state index contributed by atoms with van der Waals surface area (Å²) in [6.07, 6.45) is -4.31. The second kappa shape index (κ2) is 2.98. The van der Waals surface area contributed by atoms with Crippen LogP contribution in [0.1, 0.15) is 5.56 Å². The quantitative estimate of drug-likeness (QED) is 0.777. The normalized spacial score (nSPS) is 12.3. The number of hydrogen-bond donors (Lipinski definition) is 1. The predicted octanol–water partition coefficient (Wildman–Crippen LogP) is 3.34. The summed E-state index contributed by atoms with van der Waals surface area (Å²) in [5.74, 6) is 0. The highest BCUT2D eigenvalue weighted by Crippen LogP contribution is 2.31. The van der Waals surface area contributed by atoms with Crippen LogP contribution in [0.4, 0.5) is 13.2 Å². The fourth-order valence-electron chi connectivity index (χ4n) is 1.15. The molecule has 2 aromatic rings. The molecule has 0 aliphatic heterocycles. The lowest BCUT2D eigenvalue weighted by molar-refractivity contribution is -0.137. The minimum Gasteiger partial charge on any atom is -0.332 e. The van der Waals surface area contributed by atoms with Gasteiger partial charge in [-0.3, -0.25) is 0 Å². The van der Waals surface area contributed by atoms with Crippen LogP contribution in [0.5, 0.6) is 0 Å². The molecule has 0 atom stereocenters. The van der Waals surface area contributed by atoms with Crippen LogP contribution in [0.15, 0.2) is 22.9 Å². The number of hydrogen-bond acceptors (Lipinski definition) is 1. The highest BCUT2D eigenvalue weighted by Gasteiger charge is 2.30. The van der Waals surface area contributed by atoms with E-state index in [4.69, 9.17) is 0 Å². The Morgan fingerprint density at radius 2 is 2.00 bits per heavy atom. The van der Waals surface area contributed by atoms with Gasteiger partial charge in [-0.1, -0.05) is 0 Å². The number of imidazole rings is 1.